The van der Waals surface area contributed by atoms with Gasteiger partial charge in [0.25, 0.3) is 0 Å². The molecule has 0 saturated carbocycles. The molecule has 8 aromatic rings. The summed E-state index contributed by atoms with van der Waals surface area (Å²) in [7, 11) is 0. The van der Waals surface area contributed by atoms with E-state index in [0.29, 0.717) is 0 Å². The van der Waals surface area contributed by atoms with E-state index in [-0.39, 0.29) is 23.0 Å². The minimum Gasteiger partial charge on any atom is -0.491 e. The van der Waals surface area contributed by atoms with Crippen molar-refractivity contribution in [2.75, 3.05) is 0 Å². The van der Waals surface area contributed by atoms with Crippen molar-refractivity contribution in [3.8, 4) is 78.3 Å². The Bertz CT molecular complexity index is 3020. The van der Waals surface area contributed by atoms with Gasteiger partial charge in [0.15, 0.2) is 0 Å². The molecular weight excluding hydrogens is 801 g/mol. The third-order valence-electron chi connectivity index (χ3n) is 13.0. The Morgan fingerprint density at radius 3 is 1.10 bits per heavy atom. The van der Waals surface area contributed by atoms with E-state index in [1.54, 1.807) is 0 Å². The maximum atomic E-state index is 5.91. The maximum Gasteiger partial charge on any atom is 0.119 e. The zero-order chi connectivity index (χ0) is 42.7. The largest absolute Gasteiger partial charge is 0.491 e. The number of aromatic nitrogens is 2. The highest BCUT2D eigenvalue weighted by Gasteiger charge is 2.38. The van der Waals surface area contributed by atoms with Crippen LogP contribution in [0.5, 0.6) is 11.5 Å². The Balaban J connectivity index is 0.955. The van der Waals surface area contributed by atoms with Gasteiger partial charge in [-0.15, -0.1) is 0 Å². The van der Waals surface area contributed by atoms with Gasteiger partial charge in [0, 0.05) is 22.0 Å². The Morgan fingerprint density at radius 1 is 0.419 bits per heavy atom. The van der Waals surface area contributed by atoms with Crippen molar-refractivity contribution in [1.82, 2.24) is 8.75 Å². The number of hydrogen-bond donors (Lipinski definition) is 0. The van der Waals surface area contributed by atoms with Crippen LogP contribution >= 0.6 is 11.7 Å². The monoisotopic (exact) mass is 846 g/mol. The molecule has 306 valence electrons. The molecule has 1 aliphatic heterocycles. The predicted octanol–water partition coefficient (Wildman–Crippen LogP) is 15.3. The zero-order valence-corrected chi connectivity index (χ0v) is 37.8. The topological polar surface area (TPSA) is 69.0 Å². The second-order valence-corrected chi connectivity index (χ2v) is 19.4. The van der Waals surface area contributed by atoms with Crippen LogP contribution in [0, 0.1) is 0 Å². The molecule has 3 aliphatic rings. The second-order valence-electron chi connectivity index (χ2n) is 18.3. The Morgan fingerprint density at radius 2 is 0.742 bits per heavy atom. The standard InChI is InChI=1S/C54H46N4O2S2/c1-29(2)59-37-17-9-31(10-18-37)33-13-21-39-41-23-15-35(27-45(41)53(5,6)43(39)25-33)47-49-51(57-61-55-49)48(52-50(47)56-62-58-52)36-16-24-42-40-22-14-34(26-44(40)54(7,8)46(42)28-36)32-11-19-38(20-12-32)60-30(3)4/h9-30H,1-8H3. The van der Waals surface area contributed by atoms with Crippen LogP contribution in [-0.4, -0.2) is 21.0 Å². The summed E-state index contributed by atoms with van der Waals surface area (Å²) in [6.07, 6.45) is 0.280. The van der Waals surface area contributed by atoms with Crippen LogP contribution in [0.4, 0.5) is 11.4 Å². The number of ether oxygens (including phenoxy) is 2. The summed E-state index contributed by atoms with van der Waals surface area (Å²) in [4.78, 5) is 0. The van der Waals surface area contributed by atoms with E-state index in [1.807, 2.05) is 0 Å². The quantitative estimate of drug-likeness (QED) is 0.153. The first-order chi connectivity index (χ1) is 29.9. The van der Waals surface area contributed by atoms with Gasteiger partial charge in [-0.25, -0.2) is 0 Å². The molecule has 62 heavy (non-hydrogen) atoms. The fraction of sp³-hybridized carbons (Fsp3) is 0.222. The van der Waals surface area contributed by atoms with Crippen LogP contribution in [0.2, 0.25) is 0 Å². The Hall–Kier alpha value is -6.22. The number of benzene rings is 7. The number of fused-ring (bicyclic) bond motifs is 8. The van der Waals surface area contributed by atoms with Crippen molar-refractivity contribution in [3.63, 3.8) is 0 Å². The van der Waals surface area contributed by atoms with E-state index in [0.717, 1.165) is 56.2 Å². The minimum absolute atomic E-state index is 0.140. The van der Waals surface area contributed by atoms with Gasteiger partial charge >= 0.3 is 0 Å². The predicted molar refractivity (Wildman–Crippen MR) is 257 cm³/mol. The molecule has 0 spiro atoms. The SMILES string of the molecule is CC(C)Oc1ccc(-c2ccc3c(c2)C(C)(C)c2cc(-c4c5c(c(-c6ccc7c(c6)C(C)(C)c6cc(-c8ccc(OC(C)C)cc8)ccc6-7)c6nsnc46)N=S=N5)ccc2-3)cc1. The molecule has 0 saturated heterocycles. The summed E-state index contributed by atoms with van der Waals surface area (Å²) in [6.45, 7) is 17.6. The van der Waals surface area contributed by atoms with E-state index in [9.17, 15) is 0 Å². The lowest BCUT2D eigenvalue weighted by atomic mass is 9.80. The first kappa shape index (κ1) is 38.7. The van der Waals surface area contributed by atoms with Crippen LogP contribution in [-0.2, 0) is 22.2 Å². The van der Waals surface area contributed by atoms with Crippen molar-refractivity contribution >= 4 is 45.5 Å². The Kier molecular flexibility index (Phi) is 8.83. The molecule has 0 bridgehead atoms. The lowest BCUT2D eigenvalue weighted by Crippen LogP contribution is -2.15. The first-order valence-corrected chi connectivity index (χ1v) is 22.9. The molecule has 2 aliphatic carbocycles. The van der Waals surface area contributed by atoms with Crippen LogP contribution in [0.3, 0.4) is 0 Å². The molecule has 0 radical (unpaired) electrons. The Labute approximate surface area is 370 Å². The molecule has 0 N–H and O–H groups in total. The number of hydrogen-bond acceptors (Lipinski definition) is 7. The van der Waals surface area contributed by atoms with Crippen LogP contribution in [0.1, 0.15) is 77.6 Å². The highest BCUT2D eigenvalue weighted by molar-refractivity contribution is 7.58. The first-order valence-electron chi connectivity index (χ1n) is 21.4. The highest BCUT2D eigenvalue weighted by Crippen LogP contribution is 2.57. The van der Waals surface area contributed by atoms with E-state index >= 15 is 0 Å². The molecule has 0 fully saturated rings. The lowest BCUT2D eigenvalue weighted by Gasteiger charge is -2.23. The van der Waals surface area contributed by atoms with E-state index in [4.69, 9.17) is 26.9 Å². The van der Waals surface area contributed by atoms with Crippen molar-refractivity contribution in [2.45, 2.75) is 78.4 Å². The molecule has 6 nitrogen and oxygen atoms in total. The van der Waals surface area contributed by atoms with Gasteiger partial charge in [-0.05, 0) is 154 Å². The molecule has 7 aromatic carbocycles. The second kappa shape index (κ2) is 14.2. The average Bonchev–Trinajstić information content (AvgIpc) is 4.03. The van der Waals surface area contributed by atoms with E-state index in [2.05, 4.69) is 177 Å². The molecule has 0 atom stereocenters. The highest BCUT2D eigenvalue weighted by atomic mass is 32.1. The molecule has 0 unspecified atom stereocenters. The van der Waals surface area contributed by atoms with Crippen LogP contribution in [0.25, 0.3) is 77.8 Å². The molecule has 1 aromatic heterocycles. The third-order valence-corrected chi connectivity index (χ3v) is 14.0. The van der Waals surface area contributed by atoms with Gasteiger partial charge < -0.3 is 9.47 Å². The van der Waals surface area contributed by atoms with Crippen LogP contribution in [0.15, 0.2) is 130 Å². The molecule has 0 amide bonds. The molecular formula is C54H46N4O2S2. The van der Waals surface area contributed by atoms with Crippen molar-refractivity contribution in [3.05, 3.63) is 144 Å². The summed E-state index contributed by atoms with van der Waals surface area (Å²) in [5, 5.41) is 0. The van der Waals surface area contributed by atoms with Crippen LogP contribution < -0.4 is 9.47 Å². The number of rotatable bonds is 8. The van der Waals surface area contributed by atoms with Gasteiger partial charge in [-0.2, -0.15) is 17.5 Å². The summed E-state index contributed by atoms with van der Waals surface area (Å²) in [6, 6.07) is 44.4. The molecule has 11 rings (SSSR count). The lowest BCUT2D eigenvalue weighted by molar-refractivity contribution is 0.242. The molecule has 8 heteroatoms. The minimum atomic E-state index is -0.223. The average molecular weight is 847 g/mol. The van der Waals surface area contributed by atoms with Gasteiger partial charge in [0.05, 0.1) is 35.3 Å². The zero-order valence-electron chi connectivity index (χ0n) is 36.1. The maximum absolute atomic E-state index is 5.91. The normalized spacial score (nSPS) is 14.7. The van der Waals surface area contributed by atoms with Gasteiger partial charge in [-0.1, -0.05) is 100 Å². The van der Waals surface area contributed by atoms with Crippen molar-refractivity contribution in [1.29, 1.82) is 0 Å². The smallest absolute Gasteiger partial charge is 0.119 e. The van der Waals surface area contributed by atoms with Gasteiger partial charge in [-0.3, -0.25) is 0 Å². The summed E-state index contributed by atoms with van der Waals surface area (Å²) < 4.78 is 31.8. The fourth-order valence-electron chi connectivity index (χ4n) is 9.95. The van der Waals surface area contributed by atoms with E-state index < -0.39 is 0 Å². The van der Waals surface area contributed by atoms with Gasteiger partial charge in [0.1, 0.15) is 33.9 Å². The third kappa shape index (κ3) is 6.02. The van der Waals surface area contributed by atoms with Gasteiger partial charge in [0.2, 0.25) is 0 Å². The summed E-state index contributed by atoms with van der Waals surface area (Å²) in [5.74, 6) is 1.78. The summed E-state index contributed by atoms with van der Waals surface area (Å²) >= 11 is 2.51. The van der Waals surface area contributed by atoms with Crippen molar-refractivity contribution < 1.29 is 9.47 Å². The summed E-state index contributed by atoms with van der Waals surface area (Å²) in [5.41, 5.74) is 22.2. The van der Waals surface area contributed by atoms with Crippen molar-refractivity contribution in [2.24, 2.45) is 8.73 Å². The molecule has 2 heterocycles. The fourth-order valence-corrected chi connectivity index (χ4v) is 11.1. The van der Waals surface area contributed by atoms with E-state index in [1.165, 1.54) is 89.8 Å². The number of nitrogens with zero attached hydrogens (tertiary/aromatic N) is 4.